The van der Waals surface area contributed by atoms with E-state index in [1.54, 1.807) is 0 Å². The second kappa shape index (κ2) is 5.07. The maximum atomic E-state index is 12.1. The Morgan fingerprint density at radius 2 is 1.59 bits per heavy atom. The van der Waals surface area contributed by atoms with Gasteiger partial charge in [0.1, 0.15) is 17.9 Å². The molecule has 0 fully saturated rings. The van der Waals surface area contributed by atoms with Gasteiger partial charge in [0, 0.05) is 11.6 Å². The number of Topliss-reactive ketones (excluding diaryl/α,β-unsaturated/α-hetero) is 1. The Hall–Kier alpha value is -1.72. The summed E-state index contributed by atoms with van der Waals surface area (Å²) in [5.41, 5.74) is -0.0847. The molecule has 17 heavy (non-hydrogen) atoms. The predicted octanol–water partition coefficient (Wildman–Crippen LogP) is 2.84. The molecule has 0 saturated carbocycles. The summed E-state index contributed by atoms with van der Waals surface area (Å²) in [4.78, 5) is 11.4. The van der Waals surface area contributed by atoms with Crippen molar-refractivity contribution < 1.29 is 27.4 Å². The van der Waals surface area contributed by atoms with Crippen LogP contribution in [0.15, 0.2) is 18.2 Å². The Labute approximate surface area is 96.1 Å². The molecule has 0 N–H and O–H groups in total. The van der Waals surface area contributed by atoms with Gasteiger partial charge in [-0.25, -0.2) is 0 Å². The molecule has 0 amide bonds. The van der Waals surface area contributed by atoms with Gasteiger partial charge >= 0.3 is 6.18 Å². The monoisotopic (exact) mass is 248 g/mol. The first-order valence-electron chi connectivity index (χ1n) is 4.68. The van der Waals surface area contributed by atoms with Gasteiger partial charge in [-0.1, -0.05) is 0 Å². The first-order valence-corrected chi connectivity index (χ1v) is 4.68. The summed E-state index contributed by atoms with van der Waals surface area (Å²) in [6, 6.07) is 3.97. The zero-order valence-electron chi connectivity index (χ0n) is 9.30. The highest BCUT2D eigenvalue weighted by Crippen LogP contribution is 2.27. The molecule has 0 aliphatic rings. The van der Waals surface area contributed by atoms with Crippen molar-refractivity contribution >= 4 is 5.78 Å². The summed E-state index contributed by atoms with van der Waals surface area (Å²) in [5.74, 6) is -0.473. The zero-order chi connectivity index (χ0) is 13.1. The topological polar surface area (TPSA) is 35.5 Å². The van der Waals surface area contributed by atoms with Crippen LogP contribution >= 0.6 is 0 Å². The van der Waals surface area contributed by atoms with Crippen molar-refractivity contribution in [2.24, 2.45) is 0 Å². The van der Waals surface area contributed by atoms with Crippen LogP contribution in [0.4, 0.5) is 13.2 Å². The van der Waals surface area contributed by atoms with E-state index in [0.29, 0.717) is 0 Å². The molecule has 0 aliphatic carbocycles. The zero-order valence-corrected chi connectivity index (χ0v) is 9.30. The minimum absolute atomic E-state index is 0.0847. The fraction of sp³-hybridized carbons (Fsp3) is 0.364. The number of hydrogen-bond acceptors (Lipinski definition) is 3. The lowest BCUT2D eigenvalue weighted by atomic mass is 10.1. The highest BCUT2D eigenvalue weighted by atomic mass is 19.4. The lowest BCUT2D eigenvalue weighted by Gasteiger charge is -2.09. The van der Waals surface area contributed by atoms with E-state index in [9.17, 15) is 18.0 Å². The molecule has 3 nitrogen and oxygen atoms in total. The summed E-state index contributed by atoms with van der Waals surface area (Å²) in [7, 11) is 2.71. The van der Waals surface area contributed by atoms with Gasteiger partial charge in [-0.05, 0) is 12.1 Å². The highest BCUT2D eigenvalue weighted by molar-refractivity contribution is 5.97. The van der Waals surface area contributed by atoms with Gasteiger partial charge in [0.05, 0.1) is 14.2 Å². The lowest BCUT2D eigenvalue weighted by molar-refractivity contribution is -0.125. The molecule has 0 radical (unpaired) electrons. The van der Waals surface area contributed by atoms with E-state index in [1.165, 1.54) is 32.4 Å². The van der Waals surface area contributed by atoms with E-state index in [1.807, 2.05) is 0 Å². The molecule has 0 atom stereocenters. The van der Waals surface area contributed by atoms with E-state index in [-0.39, 0.29) is 17.1 Å². The van der Waals surface area contributed by atoms with Crippen LogP contribution in [0.3, 0.4) is 0 Å². The third-order valence-corrected chi connectivity index (χ3v) is 2.03. The SMILES string of the molecule is COc1cc(OC)cc(C(=O)CC(F)(F)F)c1. The van der Waals surface area contributed by atoms with Crippen LogP contribution in [-0.4, -0.2) is 26.2 Å². The van der Waals surface area contributed by atoms with Gasteiger partial charge < -0.3 is 9.47 Å². The number of carbonyl (C=O) groups excluding carboxylic acids is 1. The first-order chi connectivity index (χ1) is 7.85. The fourth-order valence-electron chi connectivity index (χ4n) is 1.25. The summed E-state index contributed by atoms with van der Waals surface area (Å²) in [6.45, 7) is 0. The third kappa shape index (κ3) is 3.97. The number of halogens is 3. The van der Waals surface area contributed by atoms with Gasteiger partial charge in [-0.15, -0.1) is 0 Å². The number of hydrogen-bond donors (Lipinski definition) is 0. The number of benzene rings is 1. The number of carbonyl (C=O) groups is 1. The maximum Gasteiger partial charge on any atom is 0.396 e. The van der Waals surface area contributed by atoms with Crippen molar-refractivity contribution in [2.45, 2.75) is 12.6 Å². The summed E-state index contributed by atoms with van der Waals surface area (Å²) in [5, 5.41) is 0. The van der Waals surface area contributed by atoms with Crippen LogP contribution in [-0.2, 0) is 0 Å². The molecule has 6 heteroatoms. The largest absolute Gasteiger partial charge is 0.497 e. The average Bonchev–Trinajstić information content (AvgIpc) is 2.26. The Kier molecular flexibility index (Phi) is 3.98. The van der Waals surface area contributed by atoms with E-state index < -0.39 is 18.4 Å². The molecule has 0 heterocycles. The number of alkyl halides is 3. The molecule has 0 spiro atoms. The standard InChI is InChI=1S/C11H11F3O3/c1-16-8-3-7(4-9(5-8)17-2)10(15)6-11(12,13)14/h3-5H,6H2,1-2H3. The molecule has 94 valence electrons. The van der Waals surface area contributed by atoms with Crippen LogP contribution in [0.1, 0.15) is 16.8 Å². The normalized spacial score (nSPS) is 11.1. The maximum absolute atomic E-state index is 12.1. The van der Waals surface area contributed by atoms with E-state index in [2.05, 4.69) is 0 Å². The van der Waals surface area contributed by atoms with Gasteiger partial charge in [-0.3, -0.25) is 4.79 Å². The van der Waals surface area contributed by atoms with Crippen molar-refractivity contribution in [3.8, 4) is 11.5 Å². The average molecular weight is 248 g/mol. The first kappa shape index (κ1) is 13.3. The Balaban J connectivity index is 3.00. The van der Waals surface area contributed by atoms with Crippen LogP contribution in [0, 0.1) is 0 Å². The van der Waals surface area contributed by atoms with Gasteiger partial charge in [0.15, 0.2) is 5.78 Å². The van der Waals surface area contributed by atoms with Gasteiger partial charge in [0.2, 0.25) is 0 Å². The second-order valence-electron chi connectivity index (χ2n) is 3.32. The molecular weight excluding hydrogens is 237 g/mol. The number of ether oxygens (including phenoxy) is 2. The van der Waals surface area contributed by atoms with E-state index in [0.717, 1.165) is 0 Å². The molecule has 0 aromatic heterocycles. The van der Waals surface area contributed by atoms with E-state index >= 15 is 0 Å². The highest BCUT2D eigenvalue weighted by Gasteiger charge is 2.31. The van der Waals surface area contributed by atoms with Crippen LogP contribution < -0.4 is 9.47 Å². The number of methoxy groups -OCH3 is 2. The van der Waals surface area contributed by atoms with Crippen molar-refractivity contribution in [1.29, 1.82) is 0 Å². The van der Waals surface area contributed by atoms with Gasteiger partial charge in [-0.2, -0.15) is 13.2 Å². The molecule has 0 bridgehead atoms. The predicted molar refractivity (Wildman–Crippen MR) is 54.5 cm³/mol. The van der Waals surface area contributed by atoms with E-state index in [4.69, 9.17) is 9.47 Å². The quantitative estimate of drug-likeness (QED) is 0.768. The van der Waals surface area contributed by atoms with Gasteiger partial charge in [0.25, 0.3) is 0 Å². The summed E-state index contributed by atoms with van der Waals surface area (Å²) in [6.07, 6.45) is -6.02. The number of ketones is 1. The molecule has 0 unspecified atom stereocenters. The van der Waals surface area contributed by atoms with Crippen molar-refractivity contribution in [1.82, 2.24) is 0 Å². The fourth-order valence-corrected chi connectivity index (χ4v) is 1.25. The van der Waals surface area contributed by atoms with Crippen LogP contribution in [0.5, 0.6) is 11.5 Å². The molecule has 0 saturated heterocycles. The number of rotatable bonds is 4. The Morgan fingerprint density at radius 1 is 1.12 bits per heavy atom. The summed E-state index contributed by atoms with van der Waals surface area (Å²) < 4.78 is 45.9. The van der Waals surface area contributed by atoms with Crippen LogP contribution in [0.2, 0.25) is 0 Å². The second-order valence-corrected chi connectivity index (χ2v) is 3.32. The Morgan fingerprint density at radius 3 is 1.94 bits per heavy atom. The van der Waals surface area contributed by atoms with Crippen molar-refractivity contribution in [2.75, 3.05) is 14.2 Å². The molecule has 0 aliphatic heterocycles. The molecule has 1 aromatic rings. The minimum Gasteiger partial charge on any atom is -0.497 e. The van der Waals surface area contributed by atoms with Crippen LogP contribution in [0.25, 0.3) is 0 Å². The molecular formula is C11H11F3O3. The third-order valence-electron chi connectivity index (χ3n) is 2.03. The molecule has 1 rings (SSSR count). The smallest absolute Gasteiger partial charge is 0.396 e. The molecule has 1 aromatic carbocycles. The van der Waals surface area contributed by atoms with Crippen molar-refractivity contribution in [3.63, 3.8) is 0 Å². The summed E-state index contributed by atoms with van der Waals surface area (Å²) >= 11 is 0. The van der Waals surface area contributed by atoms with Crippen molar-refractivity contribution in [3.05, 3.63) is 23.8 Å². The minimum atomic E-state index is -4.52. The lowest BCUT2D eigenvalue weighted by Crippen LogP contribution is -2.15. The Bertz CT molecular complexity index is 391.